The molecule has 3 rings (SSSR count). The molecule has 6 heteroatoms. The molecule has 0 amide bonds. The van der Waals surface area contributed by atoms with Crippen LogP contribution in [0, 0.1) is 0 Å². The van der Waals surface area contributed by atoms with Crippen molar-refractivity contribution in [1.82, 2.24) is 4.57 Å². The smallest absolute Gasteiger partial charge is 0.303 e. The van der Waals surface area contributed by atoms with E-state index >= 15 is 0 Å². The minimum absolute atomic E-state index is 0.00196. The Morgan fingerprint density at radius 2 is 1.62 bits per heavy atom. The van der Waals surface area contributed by atoms with Crippen LogP contribution in [0.1, 0.15) is 66.6 Å². The molecule has 0 saturated heterocycles. The van der Waals surface area contributed by atoms with E-state index in [4.69, 9.17) is 28.3 Å². The van der Waals surface area contributed by atoms with E-state index in [1.807, 2.05) is 43.4 Å². The van der Waals surface area contributed by atoms with Gasteiger partial charge in [-0.15, -0.1) is 0 Å². The fourth-order valence-corrected chi connectivity index (χ4v) is 4.66. The van der Waals surface area contributed by atoms with Crippen molar-refractivity contribution in [2.45, 2.75) is 57.8 Å². The Kier molecular flexibility index (Phi) is 8.77. The van der Waals surface area contributed by atoms with Crippen LogP contribution in [-0.2, 0) is 24.7 Å². The van der Waals surface area contributed by atoms with Crippen LogP contribution in [0.5, 0.6) is 0 Å². The Labute approximate surface area is 199 Å². The molecule has 0 radical (unpaired) electrons. The van der Waals surface area contributed by atoms with Crippen LogP contribution < -0.4 is 0 Å². The Bertz CT molecular complexity index is 1100. The van der Waals surface area contributed by atoms with Crippen molar-refractivity contribution in [3.8, 4) is 0 Å². The van der Waals surface area contributed by atoms with E-state index in [0.717, 1.165) is 60.1 Å². The van der Waals surface area contributed by atoms with E-state index in [1.165, 1.54) is 5.56 Å². The first-order chi connectivity index (χ1) is 15.4. The number of carboxylic acid groups (broad SMARTS) is 1. The summed E-state index contributed by atoms with van der Waals surface area (Å²) in [6.07, 6.45) is 6.56. The summed E-state index contributed by atoms with van der Waals surface area (Å²) >= 11 is 12.5. The average Bonchev–Trinajstić information content (AvgIpc) is 3.02. The lowest BCUT2D eigenvalue weighted by molar-refractivity contribution is -0.137. The molecule has 0 aliphatic rings. The molecule has 3 aromatic rings. The summed E-state index contributed by atoms with van der Waals surface area (Å²) in [7, 11) is 1.98. The molecule has 4 nitrogen and oxygen atoms in total. The monoisotopic (exact) mass is 473 g/mol. The normalized spacial score (nSPS) is 11.2. The van der Waals surface area contributed by atoms with Crippen LogP contribution in [-0.4, -0.2) is 21.4 Å². The number of aromatic nitrogens is 1. The highest BCUT2D eigenvalue weighted by Gasteiger charge is 2.21. The first-order valence-electron chi connectivity index (χ1n) is 11.1. The number of Topliss-reactive ketones (excluding diaryl/α,β-unsaturated/α-hetero) is 1. The molecule has 0 atom stereocenters. The SMILES string of the molecule is Cn1c(CCCCCCc2ccccc2Cl)c(C(=O)CCCC(=O)O)c2cc(Cl)ccc21. The number of hydrogen-bond donors (Lipinski definition) is 1. The van der Waals surface area contributed by atoms with Gasteiger partial charge in [-0.1, -0.05) is 54.2 Å². The average molecular weight is 474 g/mol. The second kappa shape index (κ2) is 11.5. The number of fused-ring (bicyclic) bond motifs is 1. The van der Waals surface area contributed by atoms with E-state index in [2.05, 4.69) is 10.6 Å². The van der Waals surface area contributed by atoms with Gasteiger partial charge in [0, 0.05) is 52.1 Å². The third-order valence-corrected chi connectivity index (χ3v) is 6.53. The van der Waals surface area contributed by atoms with Gasteiger partial charge >= 0.3 is 5.97 Å². The summed E-state index contributed by atoms with van der Waals surface area (Å²) in [5.74, 6) is -0.886. The van der Waals surface area contributed by atoms with E-state index in [-0.39, 0.29) is 18.6 Å². The van der Waals surface area contributed by atoms with Crippen molar-refractivity contribution < 1.29 is 14.7 Å². The third-order valence-electron chi connectivity index (χ3n) is 5.92. The van der Waals surface area contributed by atoms with Crippen LogP contribution in [0.3, 0.4) is 0 Å². The molecule has 0 saturated carbocycles. The van der Waals surface area contributed by atoms with Crippen molar-refractivity contribution in [1.29, 1.82) is 0 Å². The van der Waals surface area contributed by atoms with Gasteiger partial charge in [0.1, 0.15) is 0 Å². The number of unbranched alkanes of at least 4 members (excludes halogenated alkanes) is 3. The zero-order chi connectivity index (χ0) is 23.1. The Hall–Kier alpha value is -2.30. The highest BCUT2D eigenvalue weighted by molar-refractivity contribution is 6.31. The number of carbonyl (C=O) groups is 2. The van der Waals surface area contributed by atoms with Gasteiger partial charge in [-0.3, -0.25) is 9.59 Å². The molecule has 1 heterocycles. The van der Waals surface area contributed by atoms with Gasteiger partial charge in [0.05, 0.1) is 0 Å². The fourth-order valence-electron chi connectivity index (χ4n) is 4.26. The lowest BCUT2D eigenvalue weighted by Gasteiger charge is -2.08. The van der Waals surface area contributed by atoms with Gasteiger partial charge in [0.15, 0.2) is 5.78 Å². The minimum Gasteiger partial charge on any atom is -0.481 e. The van der Waals surface area contributed by atoms with Crippen LogP contribution >= 0.6 is 23.2 Å². The van der Waals surface area contributed by atoms with Gasteiger partial charge in [-0.05, 0) is 61.9 Å². The summed E-state index contributed by atoms with van der Waals surface area (Å²) in [5, 5.41) is 11.2. The standard InChI is InChI=1S/C26H29Cl2NO3/c1-29-22-16-15-19(27)17-20(22)26(24(30)13-8-14-25(31)32)23(29)12-5-3-2-4-9-18-10-6-7-11-21(18)28/h6-7,10-11,15-17H,2-5,8-9,12-14H2,1H3,(H,31,32). The lowest BCUT2D eigenvalue weighted by Crippen LogP contribution is -2.07. The first-order valence-corrected chi connectivity index (χ1v) is 11.9. The van der Waals surface area contributed by atoms with Crippen LogP contribution in [0.4, 0.5) is 0 Å². The van der Waals surface area contributed by atoms with E-state index in [9.17, 15) is 9.59 Å². The Morgan fingerprint density at radius 3 is 2.34 bits per heavy atom. The Morgan fingerprint density at radius 1 is 0.906 bits per heavy atom. The molecule has 0 bridgehead atoms. The topological polar surface area (TPSA) is 59.3 Å². The number of halogens is 2. The zero-order valence-electron chi connectivity index (χ0n) is 18.4. The molecule has 0 unspecified atom stereocenters. The molecule has 1 aromatic heterocycles. The molecule has 0 spiro atoms. The predicted molar refractivity (Wildman–Crippen MR) is 131 cm³/mol. The maximum Gasteiger partial charge on any atom is 0.303 e. The molecule has 1 N–H and O–H groups in total. The molecule has 0 aliphatic heterocycles. The number of rotatable bonds is 12. The van der Waals surface area contributed by atoms with Gasteiger partial charge in [0.2, 0.25) is 0 Å². The number of nitrogens with zero attached hydrogens (tertiary/aromatic N) is 1. The molecule has 0 aliphatic carbocycles. The second-order valence-electron chi connectivity index (χ2n) is 8.22. The number of aryl methyl sites for hydroxylation is 2. The van der Waals surface area contributed by atoms with Crippen molar-refractivity contribution >= 4 is 45.9 Å². The van der Waals surface area contributed by atoms with Gasteiger partial charge in [-0.2, -0.15) is 0 Å². The lowest BCUT2D eigenvalue weighted by atomic mass is 9.98. The van der Waals surface area contributed by atoms with E-state index < -0.39 is 5.97 Å². The summed E-state index contributed by atoms with van der Waals surface area (Å²) in [6.45, 7) is 0. The van der Waals surface area contributed by atoms with Crippen LogP contribution in [0.25, 0.3) is 10.9 Å². The van der Waals surface area contributed by atoms with E-state index in [1.54, 1.807) is 0 Å². The van der Waals surface area contributed by atoms with Crippen molar-refractivity contribution in [2.75, 3.05) is 0 Å². The Balaban J connectivity index is 1.65. The van der Waals surface area contributed by atoms with Crippen molar-refractivity contribution in [3.05, 3.63) is 69.3 Å². The van der Waals surface area contributed by atoms with Crippen molar-refractivity contribution in [2.24, 2.45) is 7.05 Å². The summed E-state index contributed by atoms with van der Waals surface area (Å²) < 4.78 is 2.08. The number of aliphatic carboxylic acids is 1. The summed E-state index contributed by atoms with van der Waals surface area (Å²) in [5.41, 5.74) is 3.87. The highest BCUT2D eigenvalue weighted by atomic mass is 35.5. The molecule has 2 aromatic carbocycles. The van der Waals surface area contributed by atoms with Crippen LogP contribution in [0.2, 0.25) is 10.0 Å². The van der Waals surface area contributed by atoms with Crippen molar-refractivity contribution in [3.63, 3.8) is 0 Å². The second-order valence-corrected chi connectivity index (χ2v) is 9.06. The van der Waals surface area contributed by atoms with Gasteiger partial charge < -0.3 is 9.67 Å². The molecular formula is C26H29Cl2NO3. The van der Waals surface area contributed by atoms with Gasteiger partial charge in [0.25, 0.3) is 0 Å². The number of benzene rings is 2. The number of carbonyl (C=O) groups excluding carboxylic acids is 1. The summed E-state index contributed by atoms with van der Waals surface area (Å²) in [6, 6.07) is 13.6. The minimum atomic E-state index is -0.879. The molecule has 32 heavy (non-hydrogen) atoms. The quantitative estimate of drug-likeness (QED) is 0.222. The maximum atomic E-state index is 13.0. The molecular weight excluding hydrogens is 445 g/mol. The predicted octanol–water partition coefficient (Wildman–Crippen LogP) is 7.27. The highest BCUT2D eigenvalue weighted by Crippen LogP contribution is 2.31. The number of carboxylic acids is 1. The third kappa shape index (κ3) is 6.14. The molecule has 0 fully saturated rings. The zero-order valence-corrected chi connectivity index (χ0v) is 19.9. The largest absolute Gasteiger partial charge is 0.481 e. The van der Waals surface area contributed by atoms with Crippen LogP contribution in [0.15, 0.2) is 42.5 Å². The number of ketones is 1. The first kappa shape index (κ1) is 24.3. The number of hydrogen-bond acceptors (Lipinski definition) is 2. The maximum absolute atomic E-state index is 13.0. The molecule has 170 valence electrons. The van der Waals surface area contributed by atoms with E-state index in [0.29, 0.717) is 17.0 Å². The van der Waals surface area contributed by atoms with Gasteiger partial charge in [-0.25, -0.2) is 0 Å². The summed E-state index contributed by atoms with van der Waals surface area (Å²) in [4.78, 5) is 23.9. The fraction of sp³-hybridized carbons (Fsp3) is 0.385.